The predicted molar refractivity (Wildman–Crippen MR) is 155 cm³/mol. The van der Waals surface area contributed by atoms with Crippen LogP contribution in [0.1, 0.15) is 32.6 Å². The highest BCUT2D eigenvalue weighted by molar-refractivity contribution is 6.12. The molecule has 0 aliphatic carbocycles. The Balaban J connectivity index is 1.46. The Bertz CT molecular complexity index is 1320. The number of benzene rings is 2. The summed E-state index contributed by atoms with van der Waals surface area (Å²) in [6, 6.07) is 12.9. The number of imide groups is 1. The number of carbonyl (C=O) groups excluding carboxylic acids is 3. The minimum Gasteiger partial charge on any atom is -0.481 e. The largest absolute Gasteiger partial charge is 0.481 e. The van der Waals surface area contributed by atoms with Crippen molar-refractivity contribution in [3.05, 3.63) is 60.7 Å². The van der Waals surface area contributed by atoms with Gasteiger partial charge in [-0.3, -0.25) is 28.9 Å². The van der Waals surface area contributed by atoms with Crippen molar-refractivity contribution in [2.45, 2.75) is 38.6 Å². The van der Waals surface area contributed by atoms with Crippen LogP contribution < -0.4 is 16.0 Å². The van der Waals surface area contributed by atoms with Crippen molar-refractivity contribution in [2.75, 3.05) is 29.9 Å². The number of amides is 3. The van der Waals surface area contributed by atoms with Gasteiger partial charge in [-0.25, -0.2) is 0 Å². The summed E-state index contributed by atoms with van der Waals surface area (Å²) < 4.78 is 0. The zero-order valence-corrected chi connectivity index (χ0v) is 23.2. The number of hydrogen-bond donors (Lipinski definition) is 4. The first kappa shape index (κ1) is 31.6. The Labute approximate surface area is 242 Å². The van der Waals surface area contributed by atoms with Gasteiger partial charge < -0.3 is 26.2 Å². The summed E-state index contributed by atoms with van der Waals surface area (Å²) >= 11 is 0. The first-order valence-corrected chi connectivity index (χ1v) is 13.5. The molecule has 3 amide bonds. The van der Waals surface area contributed by atoms with Crippen LogP contribution in [-0.2, 0) is 24.0 Å². The number of likely N-dealkylation sites (N-methyl/N-ethyl adjacent to an activating group) is 1. The maximum Gasteiger partial charge on any atom is 0.320 e. The summed E-state index contributed by atoms with van der Waals surface area (Å²) in [5.74, 6) is -4.24. The van der Waals surface area contributed by atoms with E-state index in [1.807, 2.05) is 36.1 Å². The van der Waals surface area contributed by atoms with Gasteiger partial charge in [0.05, 0.1) is 17.3 Å². The SMILES string of the molecule is CCN(CCN1C(=O)C=CC1=O)c1ccc(N=Nc2ccc(NC(=O)CCC[C@H](C[C@H](N)C(=O)O)C(=O)O)cc2)cc1. The average molecular weight is 579 g/mol. The van der Waals surface area contributed by atoms with E-state index in [-0.39, 0.29) is 43.4 Å². The van der Waals surface area contributed by atoms with Crippen LogP contribution >= 0.6 is 0 Å². The van der Waals surface area contributed by atoms with Crippen molar-refractivity contribution in [3.8, 4) is 0 Å². The smallest absolute Gasteiger partial charge is 0.320 e. The molecule has 3 rings (SSSR count). The number of nitrogens with one attached hydrogen (secondary N) is 1. The molecule has 1 heterocycles. The molecule has 0 saturated carbocycles. The number of rotatable bonds is 16. The average Bonchev–Trinajstić information content (AvgIpc) is 3.29. The number of nitrogens with two attached hydrogens (primary N) is 1. The predicted octanol–water partition coefficient (Wildman–Crippen LogP) is 3.46. The van der Waals surface area contributed by atoms with Gasteiger partial charge in [0, 0.05) is 49.6 Å². The number of carbonyl (C=O) groups is 5. The van der Waals surface area contributed by atoms with Crippen LogP contribution in [0.15, 0.2) is 70.9 Å². The molecule has 0 radical (unpaired) electrons. The zero-order chi connectivity index (χ0) is 30.6. The first-order chi connectivity index (χ1) is 20.1. The van der Waals surface area contributed by atoms with Gasteiger partial charge in [0.2, 0.25) is 5.91 Å². The standard InChI is InChI=1S/C29H34N6O7/c1-2-34(16-17-35-26(37)14-15-27(35)38)23-12-10-22(11-13-23)33-32-21-8-6-20(7-9-21)31-25(36)5-3-4-19(28(39)40)18-24(30)29(41)42/h6-15,19,24H,2-5,16-18,30H2,1H3,(H,31,36)(H,39,40)(H,41,42)/t19-,24+/m1/s1. The lowest BCUT2D eigenvalue weighted by Gasteiger charge is -2.25. The minimum absolute atomic E-state index is 0.0741. The molecule has 222 valence electrons. The fourth-order valence-electron chi connectivity index (χ4n) is 4.28. The van der Waals surface area contributed by atoms with E-state index >= 15 is 0 Å². The molecule has 0 fully saturated rings. The Hall–Kier alpha value is -4.91. The number of anilines is 2. The third kappa shape index (κ3) is 9.34. The Kier molecular flexibility index (Phi) is 11.4. The first-order valence-electron chi connectivity index (χ1n) is 13.5. The van der Waals surface area contributed by atoms with E-state index in [1.165, 1.54) is 17.1 Å². The van der Waals surface area contributed by atoms with Crippen LogP contribution in [0.4, 0.5) is 22.7 Å². The topological polar surface area (TPSA) is 195 Å². The summed E-state index contributed by atoms with van der Waals surface area (Å²) in [6.07, 6.45) is 2.83. The number of carboxylic acids is 2. The minimum atomic E-state index is -1.27. The van der Waals surface area contributed by atoms with Gasteiger partial charge in [0.1, 0.15) is 6.04 Å². The lowest BCUT2D eigenvalue weighted by molar-refractivity contribution is -0.144. The van der Waals surface area contributed by atoms with E-state index in [2.05, 4.69) is 15.5 Å². The summed E-state index contributed by atoms with van der Waals surface area (Å²) in [7, 11) is 0. The van der Waals surface area contributed by atoms with Crippen LogP contribution in [0, 0.1) is 5.92 Å². The normalized spacial score (nSPS) is 14.3. The fourth-order valence-corrected chi connectivity index (χ4v) is 4.28. The van der Waals surface area contributed by atoms with E-state index in [4.69, 9.17) is 10.8 Å². The molecule has 1 aliphatic heterocycles. The maximum absolute atomic E-state index is 12.3. The monoisotopic (exact) mass is 578 g/mol. The third-order valence-corrected chi connectivity index (χ3v) is 6.68. The number of nitrogens with zero attached hydrogens (tertiary/aromatic N) is 4. The molecule has 0 aromatic heterocycles. The number of azo groups is 1. The molecule has 13 nitrogen and oxygen atoms in total. The second kappa shape index (κ2) is 15.2. The molecule has 13 heteroatoms. The summed E-state index contributed by atoms with van der Waals surface area (Å²) in [5, 5.41) is 29.4. The quantitative estimate of drug-likeness (QED) is 0.170. The Morgan fingerprint density at radius 2 is 1.50 bits per heavy atom. The molecule has 2 aromatic carbocycles. The van der Waals surface area contributed by atoms with Crippen LogP contribution in [0.3, 0.4) is 0 Å². The molecule has 1 aliphatic rings. The summed E-state index contributed by atoms with van der Waals surface area (Å²) in [6.45, 7) is 3.48. The van der Waals surface area contributed by atoms with Gasteiger partial charge >= 0.3 is 11.9 Å². The third-order valence-electron chi connectivity index (χ3n) is 6.68. The van der Waals surface area contributed by atoms with Gasteiger partial charge in [0.25, 0.3) is 11.8 Å². The number of carboxylic acid groups (broad SMARTS) is 2. The highest BCUT2D eigenvalue weighted by Gasteiger charge is 2.25. The van der Waals surface area contributed by atoms with Gasteiger partial charge in [-0.2, -0.15) is 10.2 Å². The zero-order valence-electron chi connectivity index (χ0n) is 23.2. The van der Waals surface area contributed by atoms with Gasteiger partial charge in [0.15, 0.2) is 0 Å². The fraction of sp³-hybridized carbons (Fsp3) is 0.345. The van der Waals surface area contributed by atoms with E-state index < -0.39 is 23.9 Å². The van der Waals surface area contributed by atoms with Crippen molar-refractivity contribution < 1.29 is 34.2 Å². The number of aliphatic carboxylic acids is 2. The van der Waals surface area contributed by atoms with Gasteiger partial charge in [-0.1, -0.05) is 0 Å². The molecule has 2 atom stereocenters. The lowest BCUT2D eigenvalue weighted by atomic mass is 9.94. The molecule has 42 heavy (non-hydrogen) atoms. The molecule has 0 spiro atoms. The summed E-state index contributed by atoms with van der Waals surface area (Å²) in [4.78, 5) is 61.3. The second-order valence-electron chi connectivity index (χ2n) is 9.66. The molecule has 5 N–H and O–H groups in total. The second-order valence-corrected chi connectivity index (χ2v) is 9.66. The Morgan fingerprint density at radius 1 is 0.929 bits per heavy atom. The van der Waals surface area contributed by atoms with Gasteiger partial charge in [-0.05, 0) is 74.7 Å². The van der Waals surface area contributed by atoms with Crippen molar-refractivity contribution in [3.63, 3.8) is 0 Å². The van der Waals surface area contributed by atoms with Gasteiger partial charge in [-0.15, -0.1) is 0 Å². The van der Waals surface area contributed by atoms with Crippen molar-refractivity contribution in [1.29, 1.82) is 0 Å². The molecule has 0 bridgehead atoms. The molecule has 0 unspecified atom stereocenters. The number of hydrogen-bond acceptors (Lipinski definition) is 9. The van der Waals surface area contributed by atoms with Crippen LogP contribution in [0.2, 0.25) is 0 Å². The van der Waals surface area contributed by atoms with E-state index in [1.54, 1.807) is 24.3 Å². The van der Waals surface area contributed by atoms with Crippen molar-refractivity contribution in [2.24, 2.45) is 21.9 Å². The van der Waals surface area contributed by atoms with Crippen molar-refractivity contribution >= 4 is 52.4 Å². The van der Waals surface area contributed by atoms with Crippen molar-refractivity contribution in [1.82, 2.24) is 4.90 Å². The summed E-state index contributed by atoms with van der Waals surface area (Å²) in [5.41, 5.74) is 8.10. The van der Waals surface area contributed by atoms with Crippen LogP contribution in [0.5, 0.6) is 0 Å². The maximum atomic E-state index is 12.3. The highest BCUT2D eigenvalue weighted by Crippen LogP contribution is 2.24. The lowest BCUT2D eigenvalue weighted by Crippen LogP contribution is -2.38. The van der Waals surface area contributed by atoms with Crippen LogP contribution in [0.25, 0.3) is 0 Å². The van der Waals surface area contributed by atoms with E-state index in [0.717, 1.165) is 5.69 Å². The molecular weight excluding hydrogens is 544 g/mol. The molecule has 0 saturated heterocycles. The van der Waals surface area contributed by atoms with Crippen LogP contribution in [-0.4, -0.2) is 70.4 Å². The highest BCUT2D eigenvalue weighted by atomic mass is 16.4. The molecule has 2 aromatic rings. The van der Waals surface area contributed by atoms with E-state index in [9.17, 15) is 29.1 Å². The Morgan fingerprint density at radius 3 is 2.02 bits per heavy atom. The van der Waals surface area contributed by atoms with E-state index in [0.29, 0.717) is 36.7 Å². The molecular formula is C29H34N6O7.